The minimum absolute atomic E-state index is 0.0689. The van der Waals surface area contributed by atoms with Gasteiger partial charge in [-0.05, 0) is 41.3 Å². The van der Waals surface area contributed by atoms with Gasteiger partial charge in [-0.2, -0.15) is 0 Å². The standard InChI is InChI=1S/C28H30N4O2/c33-28-20-31(17-24-16-30-27-9-5-4-8-26(24)27)18-25(34-21-23-10-13-29-14-11-23)19-32(28)15-12-22-6-2-1-3-7-22/h1-11,13-14,16,25,30H,12,15,17-21H2. The summed E-state index contributed by atoms with van der Waals surface area (Å²) in [5, 5.41) is 1.20. The Bertz CT molecular complexity index is 1210. The van der Waals surface area contributed by atoms with Crippen LogP contribution in [0, 0.1) is 0 Å². The number of aromatic amines is 1. The highest BCUT2D eigenvalue weighted by Crippen LogP contribution is 2.21. The number of H-pyrrole nitrogens is 1. The van der Waals surface area contributed by atoms with Crippen LogP contribution in [0.3, 0.4) is 0 Å². The maximum atomic E-state index is 13.3. The van der Waals surface area contributed by atoms with Crippen molar-refractivity contribution in [2.75, 3.05) is 26.2 Å². The minimum Gasteiger partial charge on any atom is -0.370 e. The van der Waals surface area contributed by atoms with Crippen LogP contribution in [-0.2, 0) is 29.1 Å². The minimum atomic E-state index is -0.0689. The second-order valence-corrected chi connectivity index (χ2v) is 8.89. The smallest absolute Gasteiger partial charge is 0.236 e. The SMILES string of the molecule is O=C1CN(Cc2c[nH]c3ccccc23)CC(OCc2ccncc2)CN1CCc1ccccc1. The number of nitrogens with one attached hydrogen (secondary N) is 1. The Hall–Kier alpha value is -3.48. The zero-order valence-electron chi connectivity index (χ0n) is 19.3. The van der Waals surface area contributed by atoms with Gasteiger partial charge < -0.3 is 14.6 Å². The van der Waals surface area contributed by atoms with Crippen LogP contribution in [0.25, 0.3) is 10.9 Å². The Balaban J connectivity index is 1.31. The molecule has 2 aromatic carbocycles. The molecule has 1 unspecified atom stereocenters. The highest BCUT2D eigenvalue weighted by atomic mass is 16.5. The van der Waals surface area contributed by atoms with Crippen molar-refractivity contribution in [3.8, 4) is 0 Å². The summed E-state index contributed by atoms with van der Waals surface area (Å²) in [5.41, 5.74) is 4.65. The summed E-state index contributed by atoms with van der Waals surface area (Å²) in [4.78, 5) is 24.9. The zero-order chi connectivity index (χ0) is 23.2. The fraction of sp³-hybridized carbons (Fsp3) is 0.286. The Morgan fingerprint density at radius 2 is 1.74 bits per heavy atom. The summed E-state index contributed by atoms with van der Waals surface area (Å²) in [6, 6.07) is 22.6. The average Bonchev–Trinajstić information content (AvgIpc) is 3.21. The summed E-state index contributed by atoms with van der Waals surface area (Å²) in [6.45, 7) is 3.60. The van der Waals surface area contributed by atoms with Crippen LogP contribution >= 0.6 is 0 Å². The van der Waals surface area contributed by atoms with Crippen molar-refractivity contribution in [1.82, 2.24) is 19.8 Å². The number of rotatable bonds is 8. The third-order valence-corrected chi connectivity index (χ3v) is 6.41. The molecule has 0 saturated carbocycles. The number of carbonyl (C=O) groups is 1. The summed E-state index contributed by atoms with van der Waals surface area (Å²) in [6.07, 6.45) is 6.39. The van der Waals surface area contributed by atoms with E-state index < -0.39 is 0 Å². The lowest BCUT2D eigenvalue weighted by Crippen LogP contribution is -2.39. The number of amides is 1. The molecule has 5 rings (SSSR count). The van der Waals surface area contributed by atoms with E-state index in [1.807, 2.05) is 41.3 Å². The van der Waals surface area contributed by atoms with Gasteiger partial charge in [-0.3, -0.25) is 14.7 Å². The summed E-state index contributed by atoms with van der Waals surface area (Å²) in [7, 11) is 0. The van der Waals surface area contributed by atoms with Crippen molar-refractivity contribution < 1.29 is 9.53 Å². The molecule has 1 N–H and O–H groups in total. The molecular formula is C28H30N4O2. The molecule has 1 aliphatic rings. The maximum absolute atomic E-state index is 13.3. The Morgan fingerprint density at radius 3 is 2.59 bits per heavy atom. The topological polar surface area (TPSA) is 61.5 Å². The molecule has 174 valence electrons. The fourth-order valence-corrected chi connectivity index (χ4v) is 4.60. The van der Waals surface area contributed by atoms with Crippen molar-refractivity contribution in [2.24, 2.45) is 0 Å². The van der Waals surface area contributed by atoms with Crippen LogP contribution < -0.4 is 0 Å². The van der Waals surface area contributed by atoms with Crippen molar-refractivity contribution in [2.45, 2.75) is 25.7 Å². The van der Waals surface area contributed by atoms with Gasteiger partial charge in [0.25, 0.3) is 0 Å². The Kier molecular flexibility index (Phi) is 6.98. The molecule has 1 amide bonds. The molecule has 6 heteroatoms. The first-order valence-electron chi connectivity index (χ1n) is 11.8. The van der Waals surface area contributed by atoms with Crippen LogP contribution in [0.2, 0.25) is 0 Å². The number of nitrogens with zero attached hydrogens (tertiary/aromatic N) is 3. The van der Waals surface area contributed by atoms with Crippen LogP contribution in [0.5, 0.6) is 0 Å². The number of carbonyl (C=O) groups excluding carboxylic acids is 1. The molecule has 2 aromatic heterocycles. The number of para-hydroxylation sites is 1. The van der Waals surface area contributed by atoms with Crippen LogP contribution in [0.4, 0.5) is 0 Å². The van der Waals surface area contributed by atoms with Gasteiger partial charge >= 0.3 is 0 Å². The maximum Gasteiger partial charge on any atom is 0.236 e. The predicted molar refractivity (Wildman–Crippen MR) is 133 cm³/mol. The number of aromatic nitrogens is 2. The Morgan fingerprint density at radius 1 is 0.941 bits per heavy atom. The van der Waals surface area contributed by atoms with Crippen LogP contribution in [0.15, 0.2) is 85.3 Å². The lowest BCUT2D eigenvalue weighted by molar-refractivity contribution is -0.131. The van der Waals surface area contributed by atoms with E-state index in [4.69, 9.17) is 4.74 Å². The van der Waals surface area contributed by atoms with Gasteiger partial charge in [0.05, 0.1) is 19.3 Å². The molecule has 34 heavy (non-hydrogen) atoms. The van der Waals surface area contributed by atoms with E-state index >= 15 is 0 Å². The summed E-state index contributed by atoms with van der Waals surface area (Å²) < 4.78 is 6.35. The number of hydrogen-bond donors (Lipinski definition) is 1. The van der Waals surface area contributed by atoms with Crippen molar-refractivity contribution in [3.63, 3.8) is 0 Å². The molecule has 0 bridgehead atoms. The van der Waals surface area contributed by atoms with Crippen LogP contribution in [0.1, 0.15) is 16.7 Å². The third kappa shape index (κ3) is 5.53. The monoisotopic (exact) mass is 454 g/mol. The first-order valence-corrected chi connectivity index (χ1v) is 11.8. The average molecular weight is 455 g/mol. The van der Waals surface area contributed by atoms with E-state index in [9.17, 15) is 4.79 Å². The highest BCUT2D eigenvalue weighted by molar-refractivity contribution is 5.83. The number of hydrogen-bond acceptors (Lipinski definition) is 4. The van der Waals surface area contributed by atoms with Crippen molar-refractivity contribution in [1.29, 1.82) is 0 Å². The summed E-state index contributed by atoms with van der Waals surface area (Å²) >= 11 is 0. The molecule has 1 fully saturated rings. The second kappa shape index (κ2) is 10.6. The van der Waals surface area contributed by atoms with Crippen molar-refractivity contribution in [3.05, 3.63) is 102 Å². The molecule has 0 spiro atoms. The largest absolute Gasteiger partial charge is 0.370 e. The number of benzene rings is 2. The third-order valence-electron chi connectivity index (χ3n) is 6.41. The molecule has 0 aliphatic carbocycles. The molecule has 3 heterocycles. The molecule has 4 aromatic rings. The van der Waals surface area contributed by atoms with E-state index in [0.717, 1.165) is 17.5 Å². The number of pyridine rings is 1. The lowest BCUT2D eigenvalue weighted by Gasteiger charge is -2.25. The van der Waals surface area contributed by atoms with Crippen molar-refractivity contribution >= 4 is 16.8 Å². The molecule has 1 aliphatic heterocycles. The van der Waals surface area contributed by atoms with Gasteiger partial charge in [0, 0.05) is 55.7 Å². The zero-order valence-corrected chi connectivity index (χ0v) is 19.3. The second-order valence-electron chi connectivity index (χ2n) is 8.89. The van der Waals surface area contributed by atoms with Gasteiger partial charge in [-0.15, -0.1) is 0 Å². The van der Waals surface area contributed by atoms with E-state index in [-0.39, 0.29) is 12.0 Å². The quantitative estimate of drug-likeness (QED) is 0.437. The molecule has 6 nitrogen and oxygen atoms in total. The van der Waals surface area contributed by atoms with Gasteiger partial charge in [0.2, 0.25) is 5.91 Å². The molecular weight excluding hydrogens is 424 g/mol. The van der Waals surface area contributed by atoms with E-state index in [0.29, 0.717) is 39.3 Å². The molecule has 0 radical (unpaired) electrons. The van der Waals surface area contributed by atoms with E-state index in [1.165, 1.54) is 16.5 Å². The number of fused-ring (bicyclic) bond motifs is 1. The normalized spacial score (nSPS) is 17.2. The first-order chi connectivity index (χ1) is 16.7. The predicted octanol–water partition coefficient (Wildman–Crippen LogP) is 4.04. The first kappa shape index (κ1) is 22.3. The lowest BCUT2D eigenvalue weighted by atomic mass is 10.1. The highest BCUT2D eigenvalue weighted by Gasteiger charge is 2.28. The van der Waals surface area contributed by atoms with E-state index in [1.54, 1.807) is 12.4 Å². The summed E-state index contributed by atoms with van der Waals surface area (Å²) in [5.74, 6) is 0.158. The van der Waals surface area contributed by atoms with Gasteiger partial charge in [0.15, 0.2) is 0 Å². The molecule has 1 saturated heterocycles. The molecule has 1 atom stereocenters. The van der Waals surface area contributed by atoms with Gasteiger partial charge in [-0.25, -0.2) is 0 Å². The fourth-order valence-electron chi connectivity index (χ4n) is 4.60. The van der Waals surface area contributed by atoms with Gasteiger partial charge in [0.1, 0.15) is 0 Å². The van der Waals surface area contributed by atoms with E-state index in [2.05, 4.69) is 51.4 Å². The Labute approximate surface area is 200 Å². The van der Waals surface area contributed by atoms with Crippen LogP contribution in [-0.4, -0.2) is 58.0 Å². The van der Waals surface area contributed by atoms with Gasteiger partial charge in [-0.1, -0.05) is 48.5 Å². The number of ether oxygens (including phenoxy) is 1.